The lowest BCUT2D eigenvalue weighted by molar-refractivity contribution is 0.0600. The van der Waals surface area contributed by atoms with E-state index < -0.39 is 0 Å². The highest BCUT2D eigenvalue weighted by Gasteiger charge is 2.29. The predicted octanol–water partition coefficient (Wildman–Crippen LogP) is 6.74. The van der Waals surface area contributed by atoms with Crippen molar-refractivity contribution >= 4 is 39.9 Å². The number of anilines is 2. The molecule has 0 radical (unpaired) electrons. The number of hydrogen-bond acceptors (Lipinski definition) is 5. The maximum absolute atomic E-state index is 11.9. The Morgan fingerprint density at radius 2 is 1.74 bits per heavy atom. The van der Waals surface area contributed by atoms with Gasteiger partial charge in [0.15, 0.2) is 0 Å². The molecule has 1 heterocycles. The van der Waals surface area contributed by atoms with Crippen molar-refractivity contribution in [2.45, 2.75) is 19.1 Å². The largest absolute Gasteiger partial charge is 0.485 e. The van der Waals surface area contributed by atoms with Gasteiger partial charge < -0.3 is 14.4 Å². The van der Waals surface area contributed by atoms with Crippen LogP contribution >= 0.6 is 11.8 Å². The van der Waals surface area contributed by atoms with Crippen molar-refractivity contribution in [1.29, 1.82) is 0 Å². The molecule has 1 aliphatic heterocycles. The number of benzene rings is 4. The molecule has 0 saturated heterocycles. The third-order valence-corrected chi connectivity index (χ3v) is 6.94. The predicted molar refractivity (Wildman–Crippen MR) is 141 cm³/mol. The number of carbonyl (C=O) groups excluding carboxylic acids is 1. The summed E-state index contributed by atoms with van der Waals surface area (Å²) in [4.78, 5) is 14.1. The zero-order valence-electron chi connectivity index (χ0n) is 19.7. The quantitative estimate of drug-likeness (QED) is 0.223. The highest BCUT2D eigenvalue weighted by atomic mass is 35.5. The lowest BCUT2D eigenvalue weighted by Gasteiger charge is -2.38. The summed E-state index contributed by atoms with van der Waals surface area (Å²) < 4.78 is 13.0. The van der Waals surface area contributed by atoms with Crippen LogP contribution in [-0.2, 0) is 4.74 Å². The van der Waals surface area contributed by atoms with Gasteiger partial charge in [-0.3, -0.25) is 0 Å². The van der Waals surface area contributed by atoms with E-state index in [1.165, 1.54) is 23.4 Å². The van der Waals surface area contributed by atoms with Crippen LogP contribution in [0, 0.1) is 0 Å². The molecule has 0 aliphatic carbocycles. The van der Waals surface area contributed by atoms with Crippen LogP contribution in [0.1, 0.15) is 28.9 Å². The van der Waals surface area contributed by atoms with E-state index in [0.29, 0.717) is 18.7 Å². The number of hydrogen-bond donors (Lipinski definition) is 0. The molecule has 5 nitrogen and oxygen atoms in total. The Morgan fingerprint density at radius 3 is 2.54 bits per heavy atom. The molecular weight excluding hydrogens is 460 g/mol. The van der Waals surface area contributed by atoms with Crippen molar-refractivity contribution in [3.63, 3.8) is 0 Å². The zero-order valence-corrected chi connectivity index (χ0v) is 20.5. The monoisotopic (exact) mass is 486 g/mol. The van der Waals surface area contributed by atoms with Crippen LogP contribution in [0.5, 0.6) is 5.75 Å². The summed E-state index contributed by atoms with van der Waals surface area (Å²) in [5, 5.41) is 2.40. The van der Waals surface area contributed by atoms with Gasteiger partial charge in [0.1, 0.15) is 11.9 Å². The van der Waals surface area contributed by atoms with Crippen molar-refractivity contribution in [1.82, 2.24) is 4.42 Å². The number of rotatable bonds is 6. The van der Waals surface area contributed by atoms with Gasteiger partial charge in [-0.25, -0.2) is 9.21 Å². The summed E-state index contributed by atoms with van der Waals surface area (Å²) in [6.45, 7) is 3.28. The van der Waals surface area contributed by atoms with Crippen LogP contribution < -0.4 is 9.64 Å². The van der Waals surface area contributed by atoms with Gasteiger partial charge in [-0.05, 0) is 71.4 Å². The Bertz CT molecular complexity index is 1340. The molecule has 4 aromatic rings. The Hall–Kier alpha value is -3.54. The lowest BCUT2D eigenvalue weighted by Crippen LogP contribution is -2.43. The molecule has 178 valence electrons. The first-order valence-electron chi connectivity index (χ1n) is 11.7. The van der Waals surface area contributed by atoms with Gasteiger partial charge in [0.25, 0.3) is 0 Å². The molecule has 0 spiro atoms. The topological polar surface area (TPSA) is 42.0 Å². The summed E-state index contributed by atoms with van der Waals surface area (Å²) in [7, 11) is 1.39. The number of methoxy groups -OCH3 is 1. The van der Waals surface area contributed by atoms with E-state index >= 15 is 0 Å². The van der Waals surface area contributed by atoms with Crippen molar-refractivity contribution < 1.29 is 14.3 Å². The van der Waals surface area contributed by atoms with Gasteiger partial charge in [0.05, 0.1) is 31.5 Å². The third kappa shape index (κ3) is 4.70. The van der Waals surface area contributed by atoms with E-state index in [1.54, 1.807) is 12.1 Å². The van der Waals surface area contributed by atoms with Crippen LogP contribution in [0.2, 0.25) is 0 Å². The summed E-state index contributed by atoms with van der Waals surface area (Å²) in [5.74, 6) is 0.459. The fourth-order valence-electron chi connectivity index (χ4n) is 4.65. The Kier molecular flexibility index (Phi) is 6.62. The SMILES string of the molecule is COC(=O)c1ccc(N2CC(CN(Cl)[C@H](C)c3cccc4ccccc34)Oc3ccccc32)cc1. The number of para-hydroxylation sites is 2. The van der Waals surface area contributed by atoms with Crippen LogP contribution in [-0.4, -0.2) is 36.7 Å². The minimum absolute atomic E-state index is 0.00340. The second-order valence-corrected chi connectivity index (χ2v) is 9.12. The Balaban J connectivity index is 1.38. The number of carbonyl (C=O) groups is 1. The minimum Gasteiger partial charge on any atom is -0.485 e. The first-order chi connectivity index (χ1) is 17.0. The molecule has 0 amide bonds. The second-order valence-electron chi connectivity index (χ2n) is 8.68. The molecule has 0 aromatic heterocycles. The van der Waals surface area contributed by atoms with Gasteiger partial charge in [-0.15, -0.1) is 0 Å². The van der Waals surface area contributed by atoms with Gasteiger partial charge in [-0.2, -0.15) is 0 Å². The lowest BCUT2D eigenvalue weighted by atomic mass is 9.99. The smallest absolute Gasteiger partial charge is 0.337 e. The van der Waals surface area contributed by atoms with E-state index in [0.717, 1.165) is 17.1 Å². The van der Waals surface area contributed by atoms with Crippen molar-refractivity contribution in [3.8, 4) is 5.75 Å². The molecule has 0 N–H and O–H groups in total. The Morgan fingerprint density at radius 1 is 1.03 bits per heavy atom. The first-order valence-corrected chi connectivity index (χ1v) is 12.0. The van der Waals surface area contributed by atoms with E-state index in [1.807, 2.05) is 40.8 Å². The highest BCUT2D eigenvalue weighted by molar-refractivity contribution is 6.13. The first kappa shape index (κ1) is 23.2. The molecular formula is C29H27ClN2O3. The van der Waals surface area contributed by atoms with E-state index in [-0.39, 0.29) is 18.1 Å². The van der Waals surface area contributed by atoms with Crippen LogP contribution in [0.25, 0.3) is 10.8 Å². The summed E-state index contributed by atoms with van der Waals surface area (Å²) in [5.41, 5.74) is 3.66. The van der Waals surface area contributed by atoms with E-state index in [4.69, 9.17) is 21.3 Å². The number of fused-ring (bicyclic) bond motifs is 2. The molecule has 6 heteroatoms. The molecule has 0 saturated carbocycles. The fraction of sp³-hybridized carbons (Fsp3) is 0.207. The van der Waals surface area contributed by atoms with Crippen molar-refractivity contribution in [2.75, 3.05) is 25.1 Å². The summed E-state index contributed by atoms with van der Waals surface area (Å²) in [6, 6.07) is 30.1. The highest BCUT2D eigenvalue weighted by Crippen LogP contribution is 2.39. The van der Waals surface area contributed by atoms with E-state index in [2.05, 4.69) is 54.3 Å². The third-order valence-electron chi connectivity index (χ3n) is 6.51. The van der Waals surface area contributed by atoms with Gasteiger partial charge in [0.2, 0.25) is 0 Å². The zero-order chi connectivity index (χ0) is 24.4. The number of nitrogens with zero attached hydrogens (tertiary/aromatic N) is 2. The second kappa shape index (κ2) is 9.98. The maximum atomic E-state index is 11.9. The molecule has 1 unspecified atom stereocenters. The fourth-order valence-corrected chi connectivity index (χ4v) is 4.91. The van der Waals surface area contributed by atoms with E-state index in [9.17, 15) is 4.79 Å². The van der Waals surface area contributed by atoms with Gasteiger partial charge in [0, 0.05) is 11.7 Å². The van der Waals surface area contributed by atoms with Crippen molar-refractivity contribution in [3.05, 3.63) is 102 Å². The normalized spacial score (nSPS) is 16.0. The molecule has 5 rings (SSSR count). The van der Waals surface area contributed by atoms with Crippen LogP contribution in [0.4, 0.5) is 11.4 Å². The number of esters is 1. The number of ether oxygens (including phenoxy) is 2. The molecule has 1 aliphatic rings. The molecule has 2 atom stereocenters. The minimum atomic E-state index is -0.350. The standard InChI is InChI=1S/C29H27ClN2O3/c1-20(25-11-7-9-21-8-3-4-10-26(21)25)32(30)19-24-18-31(27-12-5-6-13-28(27)35-24)23-16-14-22(15-17-23)29(33)34-2/h3-17,20,24H,18-19H2,1-2H3/t20-,24?/m1/s1. The molecule has 0 fully saturated rings. The average Bonchev–Trinajstić information content (AvgIpc) is 2.91. The Labute approximate surface area is 210 Å². The maximum Gasteiger partial charge on any atom is 0.337 e. The van der Waals surface area contributed by atoms with Gasteiger partial charge >= 0.3 is 5.97 Å². The molecule has 0 bridgehead atoms. The van der Waals surface area contributed by atoms with Crippen molar-refractivity contribution in [2.24, 2.45) is 0 Å². The molecule has 35 heavy (non-hydrogen) atoms. The average molecular weight is 487 g/mol. The van der Waals surface area contributed by atoms with Crippen LogP contribution in [0.15, 0.2) is 91.0 Å². The van der Waals surface area contributed by atoms with Crippen LogP contribution in [0.3, 0.4) is 0 Å². The summed E-state index contributed by atoms with van der Waals surface area (Å²) >= 11 is 6.88. The van der Waals surface area contributed by atoms with Gasteiger partial charge in [-0.1, -0.05) is 54.6 Å². The molecule has 4 aromatic carbocycles. The number of halogens is 1. The summed E-state index contributed by atoms with van der Waals surface area (Å²) in [6.07, 6.45) is -0.153.